The van der Waals surface area contributed by atoms with Gasteiger partial charge in [0.2, 0.25) is 6.04 Å². The highest BCUT2D eigenvalue weighted by Gasteiger charge is 2.24. The molecule has 1 atom stereocenters. The van der Waals surface area contributed by atoms with Gasteiger partial charge in [-0.1, -0.05) is 17.3 Å². The van der Waals surface area contributed by atoms with E-state index in [1.807, 2.05) is 10.8 Å². The maximum Gasteiger partial charge on any atom is 0.273 e. The molecule has 1 amide bonds. The first kappa shape index (κ1) is 16.6. The monoisotopic (exact) mass is 343 g/mol. The second-order valence-electron chi connectivity index (χ2n) is 5.62. The van der Waals surface area contributed by atoms with Crippen LogP contribution in [0.4, 0.5) is 0 Å². The van der Waals surface area contributed by atoms with Crippen molar-refractivity contribution >= 4 is 11.5 Å². The van der Waals surface area contributed by atoms with E-state index in [4.69, 9.17) is 4.52 Å². The number of imidazole rings is 1. The molecule has 2 heterocycles. The summed E-state index contributed by atoms with van der Waals surface area (Å²) in [4.78, 5) is 26.6. The summed E-state index contributed by atoms with van der Waals surface area (Å²) in [5.74, 6) is 0.0400. The smallest absolute Gasteiger partial charge is 0.273 e. The number of carbonyl (C=O) groups excluding carboxylic acids is 1. The van der Waals surface area contributed by atoms with Crippen molar-refractivity contribution < 1.29 is 14.2 Å². The van der Waals surface area contributed by atoms with Gasteiger partial charge < -0.3 is 14.4 Å². The highest BCUT2D eigenvalue weighted by molar-refractivity contribution is 5.92. The number of allylic oxidation sites excluding steroid dienone is 2. The molecular formula is C16H17N5O4. The Balaban J connectivity index is 1.52. The first-order valence-corrected chi connectivity index (χ1v) is 7.85. The second-order valence-corrected chi connectivity index (χ2v) is 5.62. The van der Waals surface area contributed by atoms with Gasteiger partial charge in [0.05, 0.1) is 6.33 Å². The van der Waals surface area contributed by atoms with Crippen LogP contribution in [-0.4, -0.2) is 38.1 Å². The highest BCUT2D eigenvalue weighted by atomic mass is 16.6. The molecule has 1 aliphatic carbocycles. The van der Waals surface area contributed by atoms with Crippen molar-refractivity contribution in [3.05, 3.63) is 64.6 Å². The van der Waals surface area contributed by atoms with E-state index in [9.17, 15) is 14.9 Å². The predicted molar refractivity (Wildman–Crippen MR) is 88.2 cm³/mol. The van der Waals surface area contributed by atoms with Crippen LogP contribution in [0, 0.1) is 10.1 Å². The van der Waals surface area contributed by atoms with E-state index in [1.54, 1.807) is 24.7 Å². The van der Waals surface area contributed by atoms with Crippen LogP contribution in [0.2, 0.25) is 0 Å². The van der Waals surface area contributed by atoms with Crippen molar-refractivity contribution in [2.45, 2.75) is 25.4 Å². The molecule has 3 rings (SSSR count). The van der Waals surface area contributed by atoms with Crippen LogP contribution < -0.4 is 5.32 Å². The van der Waals surface area contributed by atoms with E-state index in [1.165, 1.54) is 12.1 Å². The van der Waals surface area contributed by atoms with Crippen molar-refractivity contribution in [2.24, 2.45) is 0 Å². The minimum absolute atomic E-state index is 0.158. The van der Waals surface area contributed by atoms with Gasteiger partial charge in [-0.25, -0.2) is 4.98 Å². The minimum Gasteiger partial charge on any atom is -0.356 e. The number of aromatic nitrogens is 3. The molecule has 1 N–H and O–H groups in total. The Morgan fingerprint density at radius 3 is 3.16 bits per heavy atom. The molecule has 0 saturated heterocycles. The van der Waals surface area contributed by atoms with Crippen LogP contribution in [0.15, 0.2) is 47.5 Å². The predicted octanol–water partition coefficient (Wildman–Crippen LogP) is 1.68. The Kier molecular flexibility index (Phi) is 5.03. The number of hydrogen-bond acceptors (Lipinski definition) is 6. The quantitative estimate of drug-likeness (QED) is 0.464. The van der Waals surface area contributed by atoms with Crippen molar-refractivity contribution in [3.8, 4) is 0 Å². The van der Waals surface area contributed by atoms with Crippen molar-refractivity contribution in [2.75, 3.05) is 6.54 Å². The van der Waals surface area contributed by atoms with Crippen molar-refractivity contribution in [1.82, 2.24) is 20.0 Å². The number of nitro groups is 1. The number of nitrogens with zero attached hydrogens (tertiary/aromatic N) is 4. The summed E-state index contributed by atoms with van der Waals surface area (Å²) >= 11 is 0. The largest absolute Gasteiger partial charge is 0.356 e. The topological polar surface area (TPSA) is 116 Å². The number of nitrogens with one attached hydrogen (secondary N) is 1. The molecular weight excluding hydrogens is 326 g/mol. The Labute approximate surface area is 143 Å². The zero-order chi connectivity index (χ0) is 17.6. The minimum atomic E-state index is -0.787. The van der Waals surface area contributed by atoms with Gasteiger partial charge in [0.25, 0.3) is 5.91 Å². The fourth-order valence-electron chi connectivity index (χ4n) is 2.50. The maximum atomic E-state index is 12.1. The van der Waals surface area contributed by atoms with E-state index in [0.29, 0.717) is 17.9 Å². The molecule has 25 heavy (non-hydrogen) atoms. The van der Waals surface area contributed by atoms with E-state index in [-0.39, 0.29) is 22.9 Å². The molecule has 9 heteroatoms. The van der Waals surface area contributed by atoms with E-state index in [2.05, 4.69) is 15.5 Å². The lowest BCUT2D eigenvalue weighted by Gasteiger charge is -2.09. The third kappa shape index (κ3) is 4.19. The lowest BCUT2D eigenvalue weighted by atomic mass is 9.99. The highest BCUT2D eigenvalue weighted by Crippen LogP contribution is 2.25. The van der Waals surface area contributed by atoms with Crippen molar-refractivity contribution in [3.63, 3.8) is 0 Å². The van der Waals surface area contributed by atoms with Gasteiger partial charge in [-0.15, -0.1) is 0 Å². The molecule has 0 saturated carbocycles. The molecule has 0 bridgehead atoms. The number of aryl methyl sites for hydroxylation is 1. The summed E-state index contributed by atoms with van der Waals surface area (Å²) in [5.41, 5.74) is 0.807. The number of hydrogen-bond donors (Lipinski definition) is 1. The number of rotatable bonds is 7. The zero-order valence-corrected chi connectivity index (χ0v) is 13.4. The standard InChI is InChI=1S/C16H17N5O4/c22-16(18-5-2-7-20-8-6-17-11-20)14-10-15(25-19-14)12-3-1-4-13(9-12)21(23)24/h1,3-4,6,8,10-11,13H,2,5,7,9H2,(H,18,22). The zero-order valence-electron chi connectivity index (χ0n) is 13.4. The van der Waals surface area contributed by atoms with E-state index in [0.717, 1.165) is 13.0 Å². The van der Waals surface area contributed by atoms with Gasteiger partial charge in [0, 0.05) is 48.5 Å². The first-order valence-electron chi connectivity index (χ1n) is 7.85. The van der Waals surface area contributed by atoms with Crippen LogP contribution in [-0.2, 0) is 6.54 Å². The number of amides is 1. The van der Waals surface area contributed by atoms with Crippen molar-refractivity contribution in [1.29, 1.82) is 0 Å². The fourth-order valence-corrected chi connectivity index (χ4v) is 2.50. The summed E-state index contributed by atoms with van der Waals surface area (Å²) in [6, 6.07) is 0.721. The Morgan fingerprint density at radius 2 is 2.40 bits per heavy atom. The Bertz CT molecular complexity index is 806. The summed E-state index contributed by atoms with van der Waals surface area (Å²) in [7, 11) is 0. The third-order valence-electron chi connectivity index (χ3n) is 3.83. The van der Waals surface area contributed by atoms with Gasteiger partial charge in [0.15, 0.2) is 11.5 Å². The normalized spacial score (nSPS) is 16.5. The van der Waals surface area contributed by atoms with Gasteiger partial charge in [0.1, 0.15) is 0 Å². The Morgan fingerprint density at radius 1 is 1.52 bits per heavy atom. The molecule has 130 valence electrons. The molecule has 0 aromatic carbocycles. The summed E-state index contributed by atoms with van der Waals surface area (Å²) in [5, 5.41) is 17.4. The SMILES string of the molecule is O=C(NCCCn1ccnc1)c1cc(C2=CC=CC([N+](=O)[O-])C2)on1. The van der Waals surface area contributed by atoms with E-state index >= 15 is 0 Å². The number of carbonyl (C=O) groups is 1. The maximum absolute atomic E-state index is 12.1. The van der Waals surface area contributed by atoms with E-state index < -0.39 is 6.04 Å². The van der Waals surface area contributed by atoms with Crippen LogP contribution in [0.3, 0.4) is 0 Å². The van der Waals surface area contributed by atoms with Gasteiger partial charge in [-0.05, 0) is 12.5 Å². The summed E-state index contributed by atoms with van der Waals surface area (Å²) in [6.07, 6.45) is 11.1. The second kappa shape index (κ2) is 7.56. The molecule has 0 spiro atoms. The summed E-state index contributed by atoms with van der Waals surface area (Å²) in [6.45, 7) is 1.25. The van der Waals surface area contributed by atoms with Crippen LogP contribution >= 0.6 is 0 Å². The lowest BCUT2D eigenvalue weighted by Crippen LogP contribution is -2.25. The van der Waals surface area contributed by atoms with Gasteiger partial charge >= 0.3 is 0 Å². The summed E-state index contributed by atoms with van der Waals surface area (Å²) < 4.78 is 7.10. The molecule has 2 aromatic heterocycles. The lowest BCUT2D eigenvalue weighted by molar-refractivity contribution is -0.508. The first-order chi connectivity index (χ1) is 12.1. The molecule has 1 aliphatic rings. The van der Waals surface area contributed by atoms with Crippen LogP contribution in [0.1, 0.15) is 29.1 Å². The van der Waals surface area contributed by atoms with Crippen LogP contribution in [0.25, 0.3) is 5.57 Å². The molecule has 2 aromatic rings. The molecule has 9 nitrogen and oxygen atoms in total. The molecule has 0 aliphatic heterocycles. The fraction of sp³-hybridized carbons (Fsp3) is 0.312. The Hall–Kier alpha value is -3.23. The third-order valence-corrected chi connectivity index (χ3v) is 3.83. The van der Waals surface area contributed by atoms with Gasteiger partial charge in [-0.2, -0.15) is 0 Å². The van der Waals surface area contributed by atoms with Gasteiger partial charge in [-0.3, -0.25) is 14.9 Å². The average molecular weight is 343 g/mol. The van der Waals surface area contributed by atoms with Crippen LogP contribution in [0.5, 0.6) is 0 Å². The molecule has 0 radical (unpaired) electrons. The molecule has 0 fully saturated rings. The average Bonchev–Trinajstić information content (AvgIpc) is 3.30. The molecule has 1 unspecified atom stereocenters.